The van der Waals surface area contributed by atoms with Crippen molar-refractivity contribution in [3.8, 4) is 28.3 Å². The number of aromatic nitrogens is 1. The fraction of sp³-hybridized carbons (Fsp3) is 0.310. The molecule has 3 N–H and O–H groups in total. The summed E-state index contributed by atoms with van der Waals surface area (Å²) in [5.41, 5.74) is 11.9. The Labute approximate surface area is 299 Å². The molecule has 2 heterocycles. The topological polar surface area (TPSA) is 112 Å². The number of hydrogen-bond acceptors (Lipinski definition) is 7. The Morgan fingerprint density at radius 2 is 1.80 bits per heavy atom. The number of hydrogen-bond donors (Lipinski definition) is 3. The Morgan fingerprint density at radius 3 is 2.51 bits per heavy atom. The number of aryl methyl sites for hydroxylation is 1. The molecule has 1 aromatic heterocycles. The van der Waals surface area contributed by atoms with E-state index >= 15 is 0 Å². The number of rotatable bonds is 12. The standard InChI is InChI=1S/C42H44N4O5/c1-25-17-33(21-44-26(2)24-47)39(50-6)20-31(25)14-13-30-9-7-10-34(27(30)3)35-11-8-12-36(28(35)4)41-45-38-19-29(18-37(43-5)40(38)51-41)22-46-16-15-32(23-46)42(48)49/h7-14,17-20,26,32,44,47H,15-16,21-24H2,1-4,6H3,(H,48,49)/b14-13+/t26-,32+/m0/s1. The third kappa shape index (κ3) is 7.59. The second-order valence-corrected chi connectivity index (χ2v) is 13.5. The van der Waals surface area contributed by atoms with Gasteiger partial charge in [0, 0.05) is 36.8 Å². The number of likely N-dealkylation sites (tertiary alicyclic amines) is 1. The number of ether oxygens (including phenoxy) is 1. The maximum absolute atomic E-state index is 11.4. The molecule has 5 aromatic rings. The molecule has 6 rings (SSSR count). The van der Waals surface area contributed by atoms with Gasteiger partial charge in [-0.15, -0.1) is 0 Å². The SMILES string of the molecule is [C-]#[N+]c1cc(CN2CC[C@@H](C(=O)O)C2)cc2nc(-c3cccc(-c4cccc(/C=C/c5cc(OC)c(CN[C@@H](C)CO)cc5C)c4C)c3C)oc12. The van der Waals surface area contributed by atoms with Crippen molar-refractivity contribution in [2.24, 2.45) is 5.92 Å². The van der Waals surface area contributed by atoms with Crippen molar-refractivity contribution in [2.75, 3.05) is 26.8 Å². The van der Waals surface area contributed by atoms with Gasteiger partial charge in [-0.1, -0.05) is 48.6 Å². The van der Waals surface area contributed by atoms with Gasteiger partial charge in [0.15, 0.2) is 5.58 Å². The highest BCUT2D eigenvalue weighted by Gasteiger charge is 2.28. The molecule has 0 saturated carbocycles. The van der Waals surface area contributed by atoms with Crippen molar-refractivity contribution in [1.82, 2.24) is 15.2 Å². The summed E-state index contributed by atoms with van der Waals surface area (Å²) in [6.07, 6.45) is 4.89. The van der Waals surface area contributed by atoms with Gasteiger partial charge in [-0.05, 0) is 109 Å². The van der Waals surface area contributed by atoms with Gasteiger partial charge in [0.05, 0.1) is 31.7 Å². The molecule has 2 atom stereocenters. The zero-order valence-corrected chi connectivity index (χ0v) is 29.8. The first-order valence-electron chi connectivity index (χ1n) is 17.3. The zero-order valence-electron chi connectivity index (χ0n) is 29.8. The quantitative estimate of drug-likeness (QED) is 0.0891. The number of carbonyl (C=O) groups is 1. The molecular weight excluding hydrogens is 640 g/mol. The van der Waals surface area contributed by atoms with Crippen LogP contribution in [-0.4, -0.2) is 58.9 Å². The van der Waals surface area contributed by atoms with Gasteiger partial charge in [-0.2, -0.15) is 0 Å². The molecule has 0 aliphatic carbocycles. The first-order valence-corrected chi connectivity index (χ1v) is 17.3. The molecular formula is C42H44N4O5. The minimum absolute atomic E-state index is 0.00223. The normalized spacial score (nSPS) is 15.4. The smallest absolute Gasteiger partial charge is 0.307 e. The number of nitrogens with one attached hydrogen (secondary N) is 1. The summed E-state index contributed by atoms with van der Waals surface area (Å²) in [5.74, 6) is 0.143. The summed E-state index contributed by atoms with van der Waals surface area (Å²) >= 11 is 0. The van der Waals surface area contributed by atoms with Crippen LogP contribution in [0, 0.1) is 33.3 Å². The van der Waals surface area contributed by atoms with Gasteiger partial charge in [-0.25, -0.2) is 9.83 Å². The molecule has 0 spiro atoms. The highest BCUT2D eigenvalue weighted by atomic mass is 16.5. The van der Waals surface area contributed by atoms with E-state index in [1.807, 2.05) is 31.2 Å². The van der Waals surface area contributed by atoms with E-state index < -0.39 is 5.97 Å². The summed E-state index contributed by atoms with van der Waals surface area (Å²) < 4.78 is 12.0. The lowest BCUT2D eigenvalue weighted by Gasteiger charge is -2.16. The molecule has 0 unspecified atom stereocenters. The Kier molecular flexibility index (Phi) is 10.7. The summed E-state index contributed by atoms with van der Waals surface area (Å²) in [6, 6.07) is 20.4. The van der Waals surface area contributed by atoms with Gasteiger partial charge < -0.3 is 24.7 Å². The maximum atomic E-state index is 11.4. The molecule has 1 saturated heterocycles. The molecule has 51 heavy (non-hydrogen) atoms. The monoisotopic (exact) mass is 684 g/mol. The average molecular weight is 685 g/mol. The minimum Gasteiger partial charge on any atom is -0.496 e. The third-order valence-corrected chi connectivity index (χ3v) is 9.93. The van der Waals surface area contributed by atoms with E-state index in [0.29, 0.717) is 55.3 Å². The second kappa shape index (κ2) is 15.3. The first kappa shape index (κ1) is 35.6. The van der Waals surface area contributed by atoms with Crippen molar-refractivity contribution in [3.05, 3.63) is 111 Å². The number of benzene rings is 4. The Morgan fingerprint density at radius 1 is 1.08 bits per heavy atom. The van der Waals surface area contributed by atoms with E-state index in [0.717, 1.165) is 61.4 Å². The van der Waals surface area contributed by atoms with E-state index in [9.17, 15) is 15.0 Å². The Hall–Kier alpha value is -5.27. The summed E-state index contributed by atoms with van der Waals surface area (Å²) in [7, 11) is 1.68. The van der Waals surface area contributed by atoms with Crippen LogP contribution < -0.4 is 10.1 Å². The van der Waals surface area contributed by atoms with Crippen molar-refractivity contribution < 1.29 is 24.2 Å². The molecule has 0 radical (unpaired) electrons. The van der Waals surface area contributed by atoms with Gasteiger partial charge in [0.2, 0.25) is 11.6 Å². The number of aliphatic hydroxyl groups is 1. The fourth-order valence-corrected chi connectivity index (χ4v) is 6.88. The number of fused-ring (bicyclic) bond motifs is 1. The molecule has 1 aliphatic rings. The molecule has 9 heteroatoms. The zero-order chi connectivity index (χ0) is 36.2. The minimum atomic E-state index is -0.761. The van der Waals surface area contributed by atoms with Crippen molar-refractivity contribution >= 4 is 34.9 Å². The van der Waals surface area contributed by atoms with Crippen molar-refractivity contribution in [1.29, 1.82) is 0 Å². The van der Waals surface area contributed by atoms with Crippen LogP contribution in [0.25, 0.3) is 50.7 Å². The maximum Gasteiger partial charge on any atom is 0.307 e. The summed E-state index contributed by atoms with van der Waals surface area (Å²) in [6.45, 7) is 18.5. The third-order valence-electron chi connectivity index (χ3n) is 9.93. The number of aliphatic hydroxyl groups excluding tert-OH is 1. The molecule has 1 aliphatic heterocycles. The van der Waals surface area contributed by atoms with Gasteiger partial charge >= 0.3 is 5.97 Å². The highest BCUT2D eigenvalue weighted by Crippen LogP contribution is 2.38. The van der Waals surface area contributed by atoms with E-state index in [1.54, 1.807) is 7.11 Å². The van der Waals surface area contributed by atoms with Crippen molar-refractivity contribution in [3.63, 3.8) is 0 Å². The number of nitrogens with zero attached hydrogens (tertiary/aromatic N) is 3. The number of carboxylic acids is 1. The van der Waals surface area contributed by atoms with Gasteiger partial charge in [0.25, 0.3) is 0 Å². The Bertz CT molecular complexity index is 2160. The lowest BCUT2D eigenvalue weighted by molar-refractivity contribution is -0.141. The lowest BCUT2D eigenvalue weighted by Crippen LogP contribution is -2.28. The largest absolute Gasteiger partial charge is 0.496 e. The van der Waals surface area contributed by atoms with E-state index in [-0.39, 0.29) is 18.6 Å². The Balaban J connectivity index is 1.28. The molecule has 262 valence electrons. The number of carboxylic acid groups (broad SMARTS) is 1. The number of methoxy groups -OCH3 is 1. The van der Waals surface area contributed by atoms with Gasteiger partial charge in [0.1, 0.15) is 5.75 Å². The van der Waals surface area contributed by atoms with Crippen LogP contribution in [0.1, 0.15) is 52.3 Å². The number of aliphatic carboxylic acids is 1. The van der Waals surface area contributed by atoms with Crippen LogP contribution in [0.3, 0.4) is 0 Å². The number of oxazole rings is 1. The van der Waals surface area contributed by atoms with Gasteiger partial charge in [-0.3, -0.25) is 9.69 Å². The predicted molar refractivity (Wildman–Crippen MR) is 202 cm³/mol. The van der Waals surface area contributed by atoms with Crippen LogP contribution >= 0.6 is 0 Å². The van der Waals surface area contributed by atoms with E-state index in [4.69, 9.17) is 20.7 Å². The molecule has 9 nitrogen and oxygen atoms in total. The van der Waals surface area contributed by atoms with Crippen LogP contribution in [0.15, 0.2) is 65.1 Å². The van der Waals surface area contributed by atoms with Crippen LogP contribution in [0.5, 0.6) is 5.75 Å². The summed E-state index contributed by atoms with van der Waals surface area (Å²) in [4.78, 5) is 22.2. The van der Waals surface area contributed by atoms with E-state index in [2.05, 4.69) is 84.4 Å². The predicted octanol–water partition coefficient (Wildman–Crippen LogP) is 8.19. The molecule has 4 aromatic carbocycles. The first-order chi connectivity index (χ1) is 24.6. The lowest BCUT2D eigenvalue weighted by atomic mass is 9.91. The molecule has 0 amide bonds. The van der Waals surface area contributed by atoms with Crippen LogP contribution in [0.4, 0.5) is 5.69 Å². The average Bonchev–Trinajstić information content (AvgIpc) is 3.78. The van der Waals surface area contributed by atoms with Crippen LogP contribution in [0.2, 0.25) is 0 Å². The van der Waals surface area contributed by atoms with Crippen LogP contribution in [-0.2, 0) is 17.9 Å². The fourth-order valence-electron chi connectivity index (χ4n) is 6.88. The molecule has 1 fully saturated rings. The van der Waals surface area contributed by atoms with E-state index in [1.165, 1.54) is 0 Å². The molecule has 0 bridgehead atoms. The second-order valence-electron chi connectivity index (χ2n) is 13.5. The highest BCUT2D eigenvalue weighted by molar-refractivity contribution is 5.90. The summed E-state index contributed by atoms with van der Waals surface area (Å²) in [5, 5.41) is 22.1. The van der Waals surface area contributed by atoms with Crippen molar-refractivity contribution in [2.45, 2.75) is 53.2 Å².